The first-order valence-corrected chi connectivity index (χ1v) is 4.56. The summed E-state index contributed by atoms with van der Waals surface area (Å²) in [6.45, 7) is 0. The Hall–Kier alpha value is -2.32. The van der Waals surface area contributed by atoms with Gasteiger partial charge in [-0.15, -0.1) is 0 Å². The van der Waals surface area contributed by atoms with Gasteiger partial charge in [0.25, 0.3) is 0 Å². The van der Waals surface area contributed by atoms with Gasteiger partial charge in [-0.05, 0) is 30.4 Å². The summed E-state index contributed by atoms with van der Waals surface area (Å²) in [6, 6.07) is 3.27. The summed E-state index contributed by atoms with van der Waals surface area (Å²) in [5.41, 5.74) is 0.577. The van der Waals surface area contributed by atoms with Gasteiger partial charge in [-0.2, -0.15) is 0 Å². The second-order valence-corrected chi connectivity index (χ2v) is 2.93. The van der Waals surface area contributed by atoms with Crippen molar-refractivity contribution in [2.24, 2.45) is 0 Å². The molecule has 82 valence electrons. The van der Waals surface area contributed by atoms with Crippen molar-refractivity contribution < 1.29 is 19.1 Å². The molecular formula is C12H10O4. The molecule has 0 aromatic carbocycles. The number of carbonyl (C=O) groups excluding carboxylic acids is 2. The Bertz CT molecular complexity index is 445. The second kappa shape index (κ2) is 6.22. The first-order valence-electron chi connectivity index (χ1n) is 4.56. The predicted octanol–water partition coefficient (Wildman–Crippen LogP) is 2.24. The predicted molar refractivity (Wildman–Crippen MR) is 57.8 cm³/mol. The van der Waals surface area contributed by atoms with Crippen LogP contribution in [0.25, 0.3) is 0 Å². The molecule has 0 aliphatic heterocycles. The van der Waals surface area contributed by atoms with E-state index in [1.165, 1.54) is 12.3 Å². The highest BCUT2D eigenvalue weighted by atomic mass is 16.3. The summed E-state index contributed by atoms with van der Waals surface area (Å²) in [4.78, 5) is 19.7. The Labute approximate surface area is 92.2 Å². The van der Waals surface area contributed by atoms with Crippen molar-refractivity contribution in [1.82, 2.24) is 0 Å². The smallest absolute Gasteiger partial charge is 0.185 e. The number of aliphatic hydroxyl groups is 1. The largest absolute Gasteiger partial charge is 0.508 e. The lowest BCUT2D eigenvalue weighted by Crippen LogP contribution is -1.86. The highest BCUT2D eigenvalue weighted by Crippen LogP contribution is 2.09. The summed E-state index contributed by atoms with van der Waals surface area (Å²) in [5.74, 6) is 2.34. The number of hydrogen-bond acceptors (Lipinski definition) is 4. The van der Waals surface area contributed by atoms with E-state index in [0.29, 0.717) is 24.0 Å². The zero-order valence-electron chi connectivity index (χ0n) is 8.42. The van der Waals surface area contributed by atoms with Gasteiger partial charge in [-0.3, -0.25) is 4.79 Å². The van der Waals surface area contributed by atoms with Gasteiger partial charge in [-0.1, -0.05) is 0 Å². The zero-order chi connectivity index (χ0) is 11.8. The number of rotatable bonds is 1. The molecule has 4 heteroatoms. The third-order valence-corrected chi connectivity index (χ3v) is 1.78. The van der Waals surface area contributed by atoms with E-state index >= 15 is 0 Å². The van der Waals surface area contributed by atoms with Crippen LogP contribution in [-0.2, 0) is 4.79 Å². The van der Waals surface area contributed by atoms with Gasteiger partial charge in [0.2, 0.25) is 0 Å². The maximum Gasteiger partial charge on any atom is 0.185 e. The Morgan fingerprint density at radius 1 is 1.44 bits per heavy atom. The molecule has 0 spiro atoms. The second-order valence-electron chi connectivity index (χ2n) is 2.93. The van der Waals surface area contributed by atoms with Crippen LogP contribution in [0.3, 0.4) is 0 Å². The third kappa shape index (κ3) is 3.82. The van der Waals surface area contributed by atoms with E-state index in [0.717, 1.165) is 0 Å². The van der Waals surface area contributed by atoms with E-state index in [9.17, 15) is 9.59 Å². The van der Waals surface area contributed by atoms with E-state index < -0.39 is 0 Å². The van der Waals surface area contributed by atoms with Crippen LogP contribution in [0, 0.1) is 0 Å². The van der Waals surface area contributed by atoms with Crippen LogP contribution in [0.1, 0.15) is 17.0 Å². The van der Waals surface area contributed by atoms with Crippen molar-refractivity contribution >= 4 is 12.2 Å². The van der Waals surface area contributed by atoms with Crippen LogP contribution in [0.5, 0.6) is 0 Å². The van der Waals surface area contributed by atoms with E-state index in [4.69, 9.17) is 5.11 Å². The minimum atomic E-state index is 0.217. The molecule has 1 aromatic rings. The van der Waals surface area contributed by atoms with Crippen molar-refractivity contribution in [3.8, 4) is 0 Å². The molecule has 1 aromatic heterocycles. The van der Waals surface area contributed by atoms with Gasteiger partial charge < -0.3 is 9.52 Å². The number of aliphatic hydroxyl groups excluding tert-OH is 1. The SMILES string of the molecule is O=C=C1C=CC(O)=CC1.O=Cc1ccco1. The van der Waals surface area contributed by atoms with Crippen LogP contribution in [0.4, 0.5) is 0 Å². The van der Waals surface area contributed by atoms with Gasteiger partial charge in [0.1, 0.15) is 11.7 Å². The Morgan fingerprint density at radius 3 is 2.62 bits per heavy atom. The normalized spacial score (nSPS) is 13.2. The molecule has 1 aliphatic carbocycles. The Morgan fingerprint density at radius 2 is 2.25 bits per heavy atom. The Kier molecular flexibility index (Phi) is 4.57. The molecule has 0 atom stereocenters. The van der Waals surface area contributed by atoms with Gasteiger partial charge >= 0.3 is 0 Å². The fraction of sp³-hybridized carbons (Fsp3) is 0.0833. The molecule has 0 saturated carbocycles. The van der Waals surface area contributed by atoms with Crippen LogP contribution < -0.4 is 0 Å². The fourth-order valence-electron chi connectivity index (χ4n) is 0.971. The van der Waals surface area contributed by atoms with Crippen LogP contribution >= 0.6 is 0 Å². The molecule has 2 rings (SSSR count). The minimum Gasteiger partial charge on any atom is -0.508 e. The molecule has 0 fully saturated rings. The van der Waals surface area contributed by atoms with Crippen LogP contribution in [0.2, 0.25) is 0 Å². The molecule has 0 radical (unpaired) electrons. The fourth-order valence-corrected chi connectivity index (χ4v) is 0.971. The van der Waals surface area contributed by atoms with Crippen LogP contribution in [0.15, 0.2) is 52.4 Å². The third-order valence-electron chi connectivity index (χ3n) is 1.78. The van der Waals surface area contributed by atoms with E-state index in [1.54, 1.807) is 30.2 Å². The highest BCUT2D eigenvalue weighted by molar-refractivity contribution is 5.69. The maximum absolute atomic E-state index is 9.94. The maximum atomic E-state index is 9.94. The van der Waals surface area contributed by atoms with Crippen molar-refractivity contribution in [3.05, 3.63) is 53.7 Å². The number of allylic oxidation sites excluding steroid dienone is 4. The summed E-state index contributed by atoms with van der Waals surface area (Å²) in [7, 11) is 0. The standard InChI is InChI=1S/C7H6O2.C5H4O2/c8-5-6-1-3-7(9)4-2-6;6-4-5-2-1-3-7-5/h1,3-4,9H,2H2;1-4H. The molecule has 0 amide bonds. The molecule has 4 nitrogen and oxygen atoms in total. The topological polar surface area (TPSA) is 67.5 Å². The van der Waals surface area contributed by atoms with Crippen molar-refractivity contribution in [3.63, 3.8) is 0 Å². The van der Waals surface area contributed by atoms with E-state index in [-0.39, 0.29) is 5.76 Å². The molecule has 0 unspecified atom stereocenters. The van der Waals surface area contributed by atoms with E-state index in [2.05, 4.69) is 4.42 Å². The lowest BCUT2D eigenvalue weighted by atomic mass is 10.1. The van der Waals surface area contributed by atoms with Gasteiger partial charge in [0.15, 0.2) is 12.0 Å². The number of carbonyl (C=O) groups is 1. The molecule has 0 bridgehead atoms. The van der Waals surface area contributed by atoms with Crippen molar-refractivity contribution in [1.29, 1.82) is 0 Å². The van der Waals surface area contributed by atoms with Gasteiger partial charge in [-0.25, -0.2) is 4.79 Å². The van der Waals surface area contributed by atoms with Gasteiger partial charge in [0, 0.05) is 12.0 Å². The number of aldehydes is 1. The lowest BCUT2D eigenvalue weighted by molar-refractivity contribution is 0.110. The molecule has 1 heterocycles. The molecule has 16 heavy (non-hydrogen) atoms. The zero-order valence-corrected chi connectivity index (χ0v) is 8.42. The average Bonchev–Trinajstić information content (AvgIpc) is 2.84. The molecule has 1 N–H and O–H groups in total. The first kappa shape index (κ1) is 11.8. The Balaban J connectivity index is 0.000000165. The quantitative estimate of drug-likeness (QED) is 0.579. The first-order chi connectivity index (χ1) is 7.76. The van der Waals surface area contributed by atoms with E-state index in [1.807, 2.05) is 0 Å². The monoisotopic (exact) mass is 218 g/mol. The summed E-state index contributed by atoms with van der Waals surface area (Å²) < 4.78 is 4.61. The summed E-state index contributed by atoms with van der Waals surface area (Å²) >= 11 is 0. The lowest BCUT2D eigenvalue weighted by Gasteiger charge is -1.97. The van der Waals surface area contributed by atoms with Crippen molar-refractivity contribution in [2.45, 2.75) is 6.42 Å². The summed E-state index contributed by atoms with van der Waals surface area (Å²) in [5, 5.41) is 8.75. The number of furan rings is 1. The molecular weight excluding hydrogens is 208 g/mol. The average molecular weight is 218 g/mol. The highest BCUT2D eigenvalue weighted by Gasteiger charge is 1.97. The van der Waals surface area contributed by atoms with Crippen LogP contribution in [-0.4, -0.2) is 17.3 Å². The molecule has 0 saturated heterocycles. The number of hydrogen-bond donors (Lipinski definition) is 1. The molecule has 1 aliphatic rings. The van der Waals surface area contributed by atoms with Crippen molar-refractivity contribution in [2.75, 3.05) is 0 Å². The summed E-state index contributed by atoms with van der Waals surface area (Å²) in [6.07, 6.45) is 7.22. The van der Waals surface area contributed by atoms with Gasteiger partial charge in [0.05, 0.1) is 6.26 Å². The minimum absolute atomic E-state index is 0.217.